The highest BCUT2D eigenvalue weighted by Crippen LogP contribution is 2.16. The van der Waals surface area contributed by atoms with E-state index >= 15 is 0 Å². The smallest absolute Gasteiger partial charge is 0.335 e. The number of halogens is 1. The summed E-state index contributed by atoms with van der Waals surface area (Å²) in [4.78, 5) is 10.8. The van der Waals surface area contributed by atoms with Crippen LogP contribution in [0.4, 0.5) is 10.1 Å². The van der Waals surface area contributed by atoms with Crippen LogP contribution in [0.5, 0.6) is 0 Å². The second-order valence-corrected chi connectivity index (χ2v) is 4.16. The number of carboxylic acids is 1. The lowest BCUT2D eigenvalue weighted by atomic mass is 10.1. The predicted octanol–water partition coefficient (Wildman–Crippen LogP) is 3.18. The summed E-state index contributed by atoms with van der Waals surface area (Å²) in [5.41, 5.74) is 1.43. The summed E-state index contributed by atoms with van der Waals surface area (Å²) >= 11 is 0. The number of hydrogen-bond donors (Lipinski definition) is 2. The summed E-state index contributed by atoms with van der Waals surface area (Å²) in [6, 6.07) is 13.5. The van der Waals surface area contributed by atoms with Crippen molar-refractivity contribution >= 4 is 11.7 Å². The van der Waals surface area contributed by atoms with Crippen molar-refractivity contribution in [2.75, 3.05) is 11.9 Å². The average Bonchev–Trinajstić information content (AvgIpc) is 2.42. The average molecular weight is 259 g/mol. The van der Waals surface area contributed by atoms with Crippen LogP contribution in [0, 0.1) is 5.82 Å². The molecular formula is C15H14FNO2. The van der Waals surface area contributed by atoms with Crippen LogP contribution in [0.1, 0.15) is 15.9 Å². The van der Waals surface area contributed by atoms with Crippen LogP contribution in [-0.2, 0) is 6.42 Å². The highest BCUT2D eigenvalue weighted by atomic mass is 19.1. The van der Waals surface area contributed by atoms with Crippen molar-refractivity contribution < 1.29 is 14.3 Å². The van der Waals surface area contributed by atoms with Gasteiger partial charge in [0.15, 0.2) is 0 Å². The first kappa shape index (κ1) is 13.1. The largest absolute Gasteiger partial charge is 0.478 e. The van der Waals surface area contributed by atoms with Crippen LogP contribution in [0.25, 0.3) is 0 Å². The molecule has 3 nitrogen and oxygen atoms in total. The molecule has 0 saturated heterocycles. The molecule has 0 aliphatic heterocycles. The van der Waals surface area contributed by atoms with Gasteiger partial charge < -0.3 is 10.4 Å². The molecule has 2 aromatic rings. The van der Waals surface area contributed by atoms with Crippen molar-refractivity contribution in [2.45, 2.75) is 6.42 Å². The molecule has 0 aromatic heterocycles. The Hall–Kier alpha value is -2.36. The Morgan fingerprint density at radius 2 is 1.89 bits per heavy atom. The molecule has 19 heavy (non-hydrogen) atoms. The zero-order valence-electron chi connectivity index (χ0n) is 10.3. The topological polar surface area (TPSA) is 49.3 Å². The van der Waals surface area contributed by atoms with E-state index in [-0.39, 0.29) is 11.3 Å². The van der Waals surface area contributed by atoms with Crippen LogP contribution in [0.15, 0.2) is 48.5 Å². The third kappa shape index (κ3) is 3.55. The third-order valence-corrected chi connectivity index (χ3v) is 2.79. The van der Waals surface area contributed by atoms with Gasteiger partial charge in [0.1, 0.15) is 5.82 Å². The maximum absolute atomic E-state index is 13.5. The molecule has 0 radical (unpaired) electrons. The maximum Gasteiger partial charge on any atom is 0.335 e. The first-order valence-electron chi connectivity index (χ1n) is 5.97. The van der Waals surface area contributed by atoms with Crippen LogP contribution < -0.4 is 5.32 Å². The van der Waals surface area contributed by atoms with E-state index < -0.39 is 11.8 Å². The monoisotopic (exact) mass is 259 g/mol. The van der Waals surface area contributed by atoms with E-state index in [4.69, 9.17) is 5.11 Å². The summed E-state index contributed by atoms with van der Waals surface area (Å²) in [5.74, 6) is -1.51. The van der Waals surface area contributed by atoms with Gasteiger partial charge in [-0.1, -0.05) is 30.3 Å². The first-order valence-corrected chi connectivity index (χ1v) is 5.97. The van der Waals surface area contributed by atoms with Crippen LogP contribution in [0.2, 0.25) is 0 Å². The Bertz CT molecular complexity index is 570. The molecular weight excluding hydrogens is 245 g/mol. The van der Waals surface area contributed by atoms with Crippen LogP contribution in [-0.4, -0.2) is 17.6 Å². The van der Waals surface area contributed by atoms with Crippen molar-refractivity contribution in [3.63, 3.8) is 0 Å². The number of carboxylic acid groups (broad SMARTS) is 1. The quantitative estimate of drug-likeness (QED) is 0.867. The molecule has 0 aliphatic rings. The van der Waals surface area contributed by atoms with Gasteiger partial charge in [0.05, 0.1) is 11.3 Å². The molecule has 2 rings (SSSR count). The Morgan fingerprint density at radius 3 is 2.58 bits per heavy atom. The Kier molecular flexibility index (Phi) is 4.13. The van der Waals surface area contributed by atoms with Crippen molar-refractivity contribution in [3.05, 3.63) is 65.5 Å². The van der Waals surface area contributed by atoms with Gasteiger partial charge in [-0.25, -0.2) is 9.18 Å². The molecule has 0 bridgehead atoms. The van der Waals surface area contributed by atoms with Gasteiger partial charge in [-0.05, 0) is 30.2 Å². The Balaban J connectivity index is 1.99. The molecule has 0 saturated carbocycles. The van der Waals surface area contributed by atoms with Gasteiger partial charge in [0, 0.05) is 6.54 Å². The molecule has 0 unspecified atom stereocenters. The number of rotatable bonds is 5. The molecule has 2 N–H and O–H groups in total. The van der Waals surface area contributed by atoms with E-state index in [0.717, 1.165) is 18.1 Å². The number of nitrogens with one attached hydrogen (secondary N) is 1. The Morgan fingerprint density at radius 1 is 1.16 bits per heavy atom. The molecule has 0 heterocycles. The van der Waals surface area contributed by atoms with Gasteiger partial charge in [-0.2, -0.15) is 0 Å². The zero-order valence-corrected chi connectivity index (χ0v) is 10.3. The third-order valence-electron chi connectivity index (χ3n) is 2.79. The molecule has 4 heteroatoms. The summed E-state index contributed by atoms with van der Waals surface area (Å²) in [7, 11) is 0. The summed E-state index contributed by atoms with van der Waals surface area (Å²) in [6.07, 6.45) is 0.748. The molecule has 0 aliphatic carbocycles. The van der Waals surface area contributed by atoms with Crippen molar-refractivity contribution in [2.24, 2.45) is 0 Å². The van der Waals surface area contributed by atoms with Gasteiger partial charge in [-0.15, -0.1) is 0 Å². The minimum Gasteiger partial charge on any atom is -0.478 e. The van der Waals surface area contributed by atoms with Gasteiger partial charge in [-0.3, -0.25) is 0 Å². The number of benzene rings is 2. The molecule has 98 valence electrons. The van der Waals surface area contributed by atoms with Crippen molar-refractivity contribution in [1.29, 1.82) is 0 Å². The second-order valence-electron chi connectivity index (χ2n) is 4.16. The van der Waals surface area contributed by atoms with Gasteiger partial charge in [0.25, 0.3) is 0 Å². The fourth-order valence-corrected chi connectivity index (χ4v) is 1.78. The lowest BCUT2D eigenvalue weighted by molar-refractivity contribution is 0.0697. The van der Waals surface area contributed by atoms with Crippen LogP contribution in [0.3, 0.4) is 0 Å². The molecule has 0 amide bonds. The summed E-state index contributed by atoms with van der Waals surface area (Å²) in [5, 5.41) is 11.8. The van der Waals surface area contributed by atoms with E-state index in [2.05, 4.69) is 5.32 Å². The normalized spacial score (nSPS) is 10.2. The number of hydrogen-bond acceptors (Lipinski definition) is 2. The fourth-order valence-electron chi connectivity index (χ4n) is 1.78. The van der Waals surface area contributed by atoms with Crippen molar-refractivity contribution in [1.82, 2.24) is 0 Å². The van der Waals surface area contributed by atoms with E-state index in [0.29, 0.717) is 6.54 Å². The maximum atomic E-state index is 13.5. The zero-order chi connectivity index (χ0) is 13.7. The van der Waals surface area contributed by atoms with Crippen LogP contribution >= 0.6 is 0 Å². The van der Waals surface area contributed by atoms with Gasteiger partial charge in [0.2, 0.25) is 0 Å². The fraction of sp³-hybridized carbons (Fsp3) is 0.133. The highest BCUT2D eigenvalue weighted by Gasteiger charge is 2.07. The minimum atomic E-state index is -1.06. The first-order chi connectivity index (χ1) is 9.16. The highest BCUT2D eigenvalue weighted by molar-refractivity contribution is 5.88. The lowest BCUT2D eigenvalue weighted by Crippen LogP contribution is -2.07. The van der Waals surface area contributed by atoms with Gasteiger partial charge >= 0.3 is 5.97 Å². The lowest BCUT2D eigenvalue weighted by Gasteiger charge is -2.08. The molecule has 2 aromatic carbocycles. The summed E-state index contributed by atoms with van der Waals surface area (Å²) < 4.78 is 13.5. The SMILES string of the molecule is O=C(O)c1ccc(F)c(NCCc2ccccc2)c1. The standard InChI is InChI=1S/C15H14FNO2/c16-13-7-6-12(15(18)19)10-14(13)17-9-8-11-4-2-1-3-5-11/h1-7,10,17H,8-9H2,(H,18,19). The molecule has 0 atom stereocenters. The minimum absolute atomic E-state index is 0.0728. The predicted molar refractivity (Wildman–Crippen MR) is 72.0 cm³/mol. The molecule has 0 spiro atoms. The van der Waals surface area contributed by atoms with E-state index in [1.807, 2.05) is 30.3 Å². The number of carbonyl (C=O) groups is 1. The van der Waals surface area contributed by atoms with E-state index in [1.54, 1.807) is 0 Å². The summed E-state index contributed by atoms with van der Waals surface area (Å²) in [6.45, 7) is 0.546. The van der Waals surface area contributed by atoms with Crippen molar-refractivity contribution in [3.8, 4) is 0 Å². The van der Waals surface area contributed by atoms with E-state index in [1.165, 1.54) is 12.1 Å². The second kappa shape index (κ2) is 6.00. The molecule has 0 fully saturated rings. The van der Waals surface area contributed by atoms with E-state index in [9.17, 15) is 9.18 Å². The Labute approximate surface area is 110 Å². The number of aromatic carboxylic acids is 1. The number of anilines is 1.